The molecule has 2 atom stereocenters. The highest BCUT2D eigenvalue weighted by atomic mass is 28.4. The zero-order chi connectivity index (χ0) is 13.8. The molecule has 4 heteroatoms. The van der Waals surface area contributed by atoms with Crippen molar-refractivity contribution in [2.24, 2.45) is 5.92 Å². The average molecular weight is 272 g/mol. The molecule has 3 aliphatic rings. The highest BCUT2D eigenvalue weighted by molar-refractivity contribution is 6.74. The maximum atomic E-state index is 10.1. The number of aliphatic hydroxyl groups is 2. The summed E-state index contributed by atoms with van der Waals surface area (Å²) in [5.41, 5.74) is -0.267. The van der Waals surface area contributed by atoms with E-state index in [2.05, 4.69) is 33.9 Å². The standard InChI is InChI=1S/C14H28O3Si/c1-13(2,3)18(4,5)17-14-7-6-10(11(15)8-14)12(16)9-14/h10-12,15-16H,6-9H2,1-5H3. The Kier molecular flexibility index (Phi) is 3.47. The van der Waals surface area contributed by atoms with Crippen LogP contribution in [0.2, 0.25) is 18.1 Å². The fourth-order valence-electron chi connectivity index (χ4n) is 3.25. The first-order valence-corrected chi connectivity index (χ1v) is 10.0. The Morgan fingerprint density at radius 2 is 1.61 bits per heavy atom. The van der Waals surface area contributed by atoms with Gasteiger partial charge < -0.3 is 14.6 Å². The van der Waals surface area contributed by atoms with Crippen LogP contribution >= 0.6 is 0 Å². The van der Waals surface area contributed by atoms with E-state index in [1.54, 1.807) is 0 Å². The predicted molar refractivity (Wildman–Crippen MR) is 75.0 cm³/mol. The Morgan fingerprint density at radius 3 is 2.00 bits per heavy atom. The van der Waals surface area contributed by atoms with Gasteiger partial charge in [0, 0.05) is 18.8 Å². The van der Waals surface area contributed by atoms with Crippen LogP contribution in [-0.4, -0.2) is 36.3 Å². The topological polar surface area (TPSA) is 49.7 Å². The van der Waals surface area contributed by atoms with Crippen molar-refractivity contribution < 1.29 is 14.6 Å². The van der Waals surface area contributed by atoms with E-state index in [9.17, 15) is 10.2 Å². The summed E-state index contributed by atoms with van der Waals surface area (Å²) in [7, 11) is -1.84. The van der Waals surface area contributed by atoms with Crippen LogP contribution in [0.4, 0.5) is 0 Å². The van der Waals surface area contributed by atoms with Crippen LogP contribution in [0, 0.1) is 5.92 Å². The lowest BCUT2D eigenvalue weighted by Gasteiger charge is -2.55. The summed E-state index contributed by atoms with van der Waals surface area (Å²) in [6, 6.07) is 0. The lowest BCUT2D eigenvalue weighted by atomic mass is 9.65. The van der Waals surface area contributed by atoms with Crippen molar-refractivity contribution in [3.05, 3.63) is 0 Å². The number of aliphatic hydroxyl groups excluding tert-OH is 2. The second-order valence-electron chi connectivity index (χ2n) is 7.79. The fraction of sp³-hybridized carbons (Fsp3) is 1.00. The largest absolute Gasteiger partial charge is 0.411 e. The summed E-state index contributed by atoms with van der Waals surface area (Å²) in [4.78, 5) is 0. The molecule has 0 amide bonds. The molecular weight excluding hydrogens is 244 g/mol. The van der Waals surface area contributed by atoms with E-state index in [1.807, 2.05) is 0 Å². The van der Waals surface area contributed by atoms with Gasteiger partial charge in [-0.05, 0) is 31.0 Å². The molecule has 3 nitrogen and oxygen atoms in total. The maximum Gasteiger partial charge on any atom is 0.192 e. The molecule has 2 bridgehead atoms. The van der Waals surface area contributed by atoms with Crippen LogP contribution in [0.15, 0.2) is 0 Å². The van der Waals surface area contributed by atoms with Crippen LogP contribution in [0.3, 0.4) is 0 Å². The van der Waals surface area contributed by atoms with Crippen LogP contribution in [0.1, 0.15) is 46.5 Å². The Labute approximate surface area is 112 Å². The third-order valence-corrected chi connectivity index (χ3v) is 9.92. The van der Waals surface area contributed by atoms with E-state index in [0.29, 0.717) is 12.8 Å². The van der Waals surface area contributed by atoms with Crippen molar-refractivity contribution >= 4 is 8.32 Å². The second-order valence-corrected chi connectivity index (χ2v) is 12.5. The van der Waals surface area contributed by atoms with Crippen LogP contribution in [0.25, 0.3) is 0 Å². The quantitative estimate of drug-likeness (QED) is 0.760. The minimum atomic E-state index is -1.84. The van der Waals surface area contributed by atoms with Crippen LogP contribution in [0.5, 0.6) is 0 Å². The lowest BCUT2D eigenvalue weighted by molar-refractivity contribution is -0.157. The van der Waals surface area contributed by atoms with E-state index in [4.69, 9.17) is 4.43 Å². The summed E-state index contributed by atoms with van der Waals surface area (Å²) >= 11 is 0. The third-order valence-electron chi connectivity index (χ3n) is 5.36. The Morgan fingerprint density at radius 1 is 1.11 bits per heavy atom. The second kappa shape index (κ2) is 4.30. The van der Waals surface area contributed by atoms with Gasteiger partial charge in [-0.15, -0.1) is 0 Å². The summed E-state index contributed by atoms with van der Waals surface area (Å²) in [5.74, 6) is 0.0786. The summed E-state index contributed by atoms with van der Waals surface area (Å²) in [6.07, 6.45) is 2.55. The maximum absolute atomic E-state index is 10.1. The zero-order valence-corrected chi connectivity index (χ0v) is 13.4. The molecule has 0 aromatic rings. The van der Waals surface area contributed by atoms with Crippen molar-refractivity contribution in [3.8, 4) is 0 Å². The molecule has 3 saturated carbocycles. The Bertz CT molecular complexity index is 309. The molecule has 0 saturated heterocycles. The molecule has 0 aromatic heterocycles. The molecule has 0 aromatic carbocycles. The van der Waals surface area contributed by atoms with E-state index < -0.39 is 8.32 Å². The summed E-state index contributed by atoms with van der Waals surface area (Å²) in [5, 5.41) is 20.4. The fourth-order valence-corrected chi connectivity index (χ4v) is 4.91. The molecule has 0 heterocycles. The minimum Gasteiger partial charge on any atom is -0.411 e. The van der Waals surface area contributed by atoms with E-state index in [0.717, 1.165) is 12.8 Å². The molecule has 3 fully saturated rings. The number of hydrogen-bond acceptors (Lipinski definition) is 3. The smallest absolute Gasteiger partial charge is 0.192 e. The molecule has 2 unspecified atom stereocenters. The van der Waals surface area contributed by atoms with Gasteiger partial charge in [0.25, 0.3) is 0 Å². The van der Waals surface area contributed by atoms with Gasteiger partial charge >= 0.3 is 0 Å². The van der Waals surface area contributed by atoms with Gasteiger partial charge in [0.15, 0.2) is 8.32 Å². The average Bonchev–Trinajstić information content (AvgIpc) is 2.12. The van der Waals surface area contributed by atoms with Gasteiger partial charge in [0.2, 0.25) is 0 Å². The highest BCUT2D eigenvalue weighted by Crippen LogP contribution is 2.50. The zero-order valence-electron chi connectivity index (χ0n) is 12.4. The van der Waals surface area contributed by atoms with Gasteiger partial charge in [-0.2, -0.15) is 0 Å². The number of fused-ring (bicyclic) bond motifs is 3. The normalized spacial score (nSPS) is 41.2. The van der Waals surface area contributed by atoms with Gasteiger partial charge in [-0.1, -0.05) is 20.8 Å². The molecule has 0 radical (unpaired) electrons. The third kappa shape index (κ3) is 2.40. The summed E-state index contributed by atoms with van der Waals surface area (Å²) in [6.45, 7) is 11.2. The van der Waals surface area contributed by atoms with Crippen LogP contribution in [-0.2, 0) is 4.43 Å². The van der Waals surface area contributed by atoms with Crippen molar-refractivity contribution in [1.82, 2.24) is 0 Å². The van der Waals surface area contributed by atoms with Gasteiger partial charge in [0.1, 0.15) is 0 Å². The molecule has 106 valence electrons. The number of rotatable bonds is 2. The first-order chi connectivity index (χ1) is 8.06. The lowest BCUT2D eigenvalue weighted by Crippen LogP contribution is -2.60. The van der Waals surface area contributed by atoms with Crippen molar-refractivity contribution in [1.29, 1.82) is 0 Å². The van der Waals surface area contributed by atoms with Crippen molar-refractivity contribution in [2.75, 3.05) is 0 Å². The summed E-state index contributed by atoms with van der Waals surface area (Å²) < 4.78 is 6.58. The highest BCUT2D eigenvalue weighted by Gasteiger charge is 2.54. The predicted octanol–water partition coefficient (Wildman–Crippen LogP) is 2.67. The minimum absolute atomic E-state index is 0.0786. The number of hydrogen-bond donors (Lipinski definition) is 2. The monoisotopic (exact) mass is 272 g/mol. The van der Waals surface area contributed by atoms with Crippen molar-refractivity contribution in [2.45, 2.75) is 82.4 Å². The molecule has 18 heavy (non-hydrogen) atoms. The van der Waals surface area contributed by atoms with Gasteiger partial charge in [0.05, 0.1) is 17.8 Å². The Balaban J connectivity index is 2.17. The molecule has 3 rings (SSSR count). The first kappa shape index (κ1) is 14.5. The first-order valence-electron chi connectivity index (χ1n) is 7.13. The van der Waals surface area contributed by atoms with Gasteiger partial charge in [-0.3, -0.25) is 0 Å². The molecular formula is C14H28O3Si. The molecule has 3 aliphatic carbocycles. The van der Waals surface area contributed by atoms with Crippen molar-refractivity contribution in [3.63, 3.8) is 0 Å². The van der Waals surface area contributed by atoms with Crippen LogP contribution < -0.4 is 0 Å². The van der Waals surface area contributed by atoms with Gasteiger partial charge in [-0.25, -0.2) is 0 Å². The van der Waals surface area contributed by atoms with E-state index in [-0.39, 0.29) is 28.8 Å². The molecule has 0 spiro atoms. The molecule has 0 aliphatic heterocycles. The van der Waals surface area contributed by atoms with E-state index in [1.165, 1.54) is 0 Å². The molecule has 2 N–H and O–H groups in total. The SMILES string of the molecule is CC(C)(C)[Si](C)(C)OC12CCC(C(O)C1)C(O)C2. The van der Waals surface area contributed by atoms with E-state index >= 15 is 0 Å². The Hall–Kier alpha value is 0.0969.